The van der Waals surface area contributed by atoms with Crippen LogP contribution in [0.1, 0.15) is 35.1 Å². The Morgan fingerprint density at radius 3 is 2.38 bits per heavy atom. The maximum atomic E-state index is 12.7. The summed E-state index contributed by atoms with van der Waals surface area (Å²) < 4.78 is 38.1. The second-order valence-electron chi connectivity index (χ2n) is 6.95. The lowest BCUT2D eigenvalue weighted by atomic mass is 9.97. The van der Waals surface area contributed by atoms with Gasteiger partial charge in [-0.2, -0.15) is 13.2 Å². The number of anilines is 1. The molecule has 4 rings (SSSR count). The predicted octanol–water partition coefficient (Wildman–Crippen LogP) is 5.72. The summed E-state index contributed by atoms with van der Waals surface area (Å²) in [5, 5.41) is 0.758. The van der Waals surface area contributed by atoms with Crippen LogP contribution < -0.4 is 4.90 Å². The SMILES string of the molecule is Cc1cc(Cl)cc2c1N(Cc1ccc(C(F)(F)F)cc1)CC21CC1. The molecular weight excluding hydrogens is 335 g/mol. The van der Waals surface area contributed by atoms with Crippen LogP contribution in [0.5, 0.6) is 0 Å². The molecule has 1 fully saturated rings. The smallest absolute Gasteiger partial charge is 0.366 e. The molecule has 2 aromatic rings. The van der Waals surface area contributed by atoms with Gasteiger partial charge in [0.25, 0.3) is 0 Å². The van der Waals surface area contributed by atoms with Gasteiger partial charge in [0.1, 0.15) is 0 Å². The van der Waals surface area contributed by atoms with Crippen molar-refractivity contribution >= 4 is 17.3 Å². The van der Waals surface area contributed by atoms with Crippen LogP contribution in [0.25, 0.3) is 0 Å². The molecular formula is C19H17ClF3N. The molecule has 0 atom stereocenters. The molecule has 1 heterocycles. The van der Waals surface area contributed by atoms with Crippen LogP contribution in [0, 0.1) is 6.92 Å². The number of alkyl halides is 3. The summed E-state index contributed by atoms with van der Waals surface area (Å²) in [5.41, 5.74) is 4.14. The van der Waals surface area contributed by atoms with E-state index in [1.807, 2.05) is 13.0 Å². The molecule has 2 aliphatic rings. The van der Waals surface area contributed by atoms with E-state index < -0.39 is 11.7 Å². The predicted molar refractivity (Wildman–Crippen MR) is 89.6 cm³/mol. The topological polar surface area (TPSA) is 3.24 Å². The van der Waals surface area contributed by atoms with Crippen LogP contribution in [0.2, 0.25) is 5.02 Å². The fourth-order valence-corrected chi connectivity index (χ4v) is 4.09. The molecule has 0 amide bonds. The zero-order chi connectivity index (χ0) is 17.1. The molecule has 2 aromatic carbocycles. The lowest BCUT2D eigenvalue weighted by Gasteiger charge is -2.22. The maximum absolute atomic E-state index is 12.7. The van der Waals surface area contributed by atoms with Crippen molar-refractivity contribution in [1.29, 1.82) is 0 Å². The Hall–Kier alpha value is -1.68. The monoisotopic (exact) mass is 351 g/mol. The Morgan fingerprint density at radius 2 is 1.79 bits per heavy atom. The maximum Gasteiger partial charge on any atom is 0.416 e. The van der Waals surface area contributed by atoms with Crippen LogP contribution in [0.4, 0.5) is 18.9 Å². The first kappa shape index (κ1) is 15.8. The van der Waals surface area contributed by atoms with E-state index in [1.165, 1.54) is 11.3 Å². The van der Waals surface area contributed by atoms with E-state index in [-0.39, 0.29) is 5.41 Å². The van der Waals surface area contributed by atoms with Gasteiger partial charge in [0, 0.05) is 29.2 Å². The van der Waals surface area contributed by atoms with E-state index in [9.17, 15) is 13.2 Å². The van der Waals surface area contributed by atoms with Crippen molar-refractivity contribution in [3.8, 4) is 0 Å². The summed E-state index contributed by atoms with van der Waals surface area (Å²) >= 11 is 6.23. The van der Waals surface area contributed by atoms with Gasteiger partial charge in [0.2, 0.25) is 0 Å². The molecule has 1 aliphatic heterocycles. The molecule has 5 heteroatoms. The molecule has 24 heavy (non-hydrogen) atoms. The van der Waals surface area contributed by atoms with Gasteiger partial charge in [0.15, 0.2) is 0 Å². The molecule has 1 nitrogen and oxygen atoms in total. The summed E-state index contributed by atoms with van der Waals surface area (Å²) in [6.45, 7) is 3.59. The zero-order valence-corrected chi connectivity index (χ0v) is 14.0. The highest BCUT2D eigenvalue weighted by molar-refractivity contribution is 6.30. The van der Waals surface area contributed by atoms with Crippen LogP contribution in [0.15, 0.2) is 36.4 Å². The summed E-state index contributed by atoms with van der Waals surface area (Å²) in [5.74, 6) is 0. The van der Waals surface area contributed by atoms with E-state index >= 15 is 0 Å². The molecule has 0 radical (unpaired) electrons. The fourth-order valence-electron chi connectivity index (χ4n) is 3.82. The average molecular weight is 352 g/mol. The van der Waals surface area contributed by atoms with Crippen LogP contribution in [0.3, 0.4) is 0 Å². The molecule has 1 spiro atoms. The largest absolute Gasteiger partial charge is 0.416 e. The number of fused-ring (bicyclic) bond motifs is 2. The Kier molecular flexibility index (Phi) is 3.40. The van der Waals surface area contributed by atoms with Gasteiger partial charge in [-0.1, -0.05) is 23.7 Å². The third-order valence-electron chi connectivity index (χ3n) is 5.15. The standard InChI is InChI=1S/C19H17ClF3N/c1-12-8-15(20)9-16-17(12)24(11-18(16)6-7-18)10-13-2-4-14(5-3-13)19(21,22)23/h2-5,8-9H,6-7,10-11H2,1H3. The molecule has 1 aliphatic carbocycles. The van der Waals surface area contributed by atoms with Crippen molar-refractivity contribution in [1.82, 2.24) is 0 Å². The highest BCUT2D eigenvalue weighted by atomic mass is 35.5. The van der Waals surface area contributed by atoms with Crippen molar-refractivity contribution in [2.75, 3.05) is 11.4 Å². The molecule has 0 saturated heterocycles. The quantitative estimate of drug-likeness (QED) is 0.669. The highest BCUT2D eigenvalue weighted by Crippen LogP contribution is 2.58. The summed E-state index contributed by atoms with van der Waals surface area (Å²) in [6.07, 6.45) is -1.98. The second-order valence-corrected chi connectivity index (χ2v) is 7.39. The third kappa shape index (κ3) is 2.57. The minimum absolute atomic E-state index is 0.205. The molecule has 0 N–H and O–H groups in total. The Bertz CT molecular complexity index is 791. The normalized spacial score (nSPS) is 18.1. The van der Waals surface area contributed by atoms with E-state index in [0.29, 0.717) is 6.54 Å². The van der Waals surface area contributed by atoms with Crippen molar-refractivity contribution in [3.63, 3.8) is 0 Å². The fraction of sp³-hybridized carbons (Fsp3) is 0.368. The molecule has 0 bridgehead atoms. The van der Waals surface area contributed by atoms with E-state index in [1.54, 1.807) is 12.1 Å². The highest BCUT2D eigenvalue weighted by Gasteiger charge is 2.52. The van der Waals surface area contributed by atoms with Gasteiger partial charge >= 0.3 is 6.18 Å². The summed E-state index contributed by atoms with van der Waals surface area (Å²) in [6, 6.07) is 9.49. The number of halogens is 4. The van der Waals surface area contributed by atoms with E-state index in [0.717, 1.165) is 47.7 Å². The minimum Gasteiger partial charge on any atom is -0.366 e. The summed E-state index contributed by atoms with van der Waals surface area (Å²) in [7, 11) is 0. The number of hydrogen-bond acceptors (Lipinski definition) is 1. The number of benzene rings is 2. The number of aryl methyl sites for hydroxylation is 1. The second kappa shape index (κ2) is 5.16. The number of hydrogen-bond donors (Lipinski definition) is 0. The minimum atomic E-state index is -4.29. The van der Waals surface area contributed by atoms with Gasteiger partial charge < -0.3 is 4.90 Å². The van der Waals surface area contributed by atoms with Gasteiger partial charge in [0.05, 0.1) is 5.56 Å². The van der Waals surface area contributed by atoms with Gasteiger partial charge in [-0.15, -0.1) is 0 Å². The van der Waals surface area contributed by atoms with Crippen LogP contribution >= 0.6 is 11.6 Å². The Morgan fingerprint density at radius 1 is 1.12 bits per heavy atom. The first-order chi connectivity index (χ1) is 11.3. The van der Waals surface area contributed by atoms with Crippen molar-refractivity contribution < 1.29 is 13.2 Å². The third-order valence-corrected chi connectivity index (χ3v) is 5.37. The first-order valence-corrected chi connectivity index (χ1v) is 8.38. The summed E-state index contributed by atoms with van der Waals surface area (Å²) in [4.78, 5) is 2.29. The molecule has 1 saturated carbocycles. The first-order valence-electron chi connectivity index (χ1n) is 8.00. The van der Waals surface area contributed by atoms with Gasteiger partial charge in [-0.3, -0.25) is 0 Å². The van der Waals surface area contributed by atoms with E-state index in [4.69, 9.17) is 11.6 Å². The molecule has 0 aromatic heterocycles. The van der Waals surface area contributed by atoms with Crippen molar-refractivity contribution in [2.24, 2.45) is 0 Å². The zero-order valence-electron chi connectivity index (χ0n) is 13.3. The van der Waals surface area contributed by atoms with E-state index in [2.05, 4.69) is 11.0 Å². The molecule has 126 valence electrons. The van der Waals surface area contributed by atoms with Crippen molar-refractivity contribution in [2.45, 2.75) is 37.9 Å². The number of rotatable bonds is 2. The van der Waals surface area contributed by atoms with Gasteiger partial charge in [-0.25, -0.2) is 0 Å². The van der Waals surface area contributed by atoms with Crippen LogP contribution in [-0.2, 0) is 18.1 Å². The van der Waals surface area contributed by atoms with Crippen LogP contribution in [-0.4, -0.2) is 6.54 Å². The molecule has 0 unspecified atom stereocenters. The average Bonchev–Trinajstić information content (AvgIpc) is 3.19. The van der Waals surface area contributed by atoms with Crippen molar-refractivity contribution in [3.05, 3.63) is 63.7 Å². The lowest BCUT2D eigenvalue weighted by Crippen LogP contribution is -2.24. The number of nitrogens with zero attached hydrogens (tertiary/aromatic N) is 1. The Balaban J connectivity index is 1.63. The van der Waals surface area contributed by atoms with Gasteiger partial charge in [-0.05, 0) is 60.7 Å². The lowest BCUT2D eigenvalue weighted by molar-refractivity contribution is -0.137. The Labute approximate surface area is 144 Å².